The molecule has 0 aliphatic carbocycles. The van der Waals surface area contributed by atoms with Gasteiger partial charge in [0.05, 0.1) is 0 Å². The van der Waals surface area contributed by atoms with Gasteiger partial charge in [-0.15, -0.1) is 0 Å². The smallest absolute Gasteiger partial charge is 0.222 e. The molecule has 1 amide bonds. The molecule has 0 aromatic carbocycles. The summed E-state index contributed by atoms with van der Waals surface area (Å²) < 4.78 is 0. The van der Waals surface area contributed by atoms with Crippen LogP contribution in [0.5, 0.6) is 0 Å². The van der Waals surface area contributed by atoms with Crippen LogP contribution in [0, 0.1) is 5.41 Å². The summed E-state index contributed by atoms with van der Waals surface area (Å²) in [5.41, 5.74) is 5.53. The number of nitrogens with two attached hydrogens (primary N) is 1. The van der Waals surface area contributed by atoms with E-state index in [1.54, 1.807) is 0 Å². The van der Waals surface area contributed by atoms with E-state index in [2.05, 4.69) is 27.7 Å². The third-order valence-electron chi connectivity index (χ3n) is 3.07. The molecular weight excluding hydrogens is 188 g/mol. The zero-order valence-corrected chi connectivity index (χ0v) is 10.8. The van der Waals surface area contributed by atoms with E-state index < -0.39 is 0 Å². The second kappa shape index (κ2) is 6.11. The van der Waals surface area contributed by atoms with Crippen LogP contribution in [0.1, 0.15) is 47.0 Å². The zero-order chi connectivity index (χ0) is 12.1. The third-order valence-corrected chi connectivity index (χ3v) is 3.07. The molecule has 0 aromatic heterocycles. The molecule has 0 spiro atoms. The Morgan fingerprint density at radius 2 is 1.87 bits per heavy atom. The highest BCUT2D eigenvalue weighted by atomic mass is 16.2. The van der Waals surface area contributed by atoms with Gasteiger partial charge in [0.1, 0.15) is 0 Å². The first-order chi connectivity index (χ1) is 6.80. The Bertz CT molecular complexity index is 196. The van der Waals surface area contributed by atoms with Crippen molar-refractivity contribution in [2.45, 2.75) is 53.0 Å². The highest BCUT2D eigenvalue weighted by Crippen LogP contribution is 2.23. The maximum Gasteiger partial charge on any atom is 0.222 e. The van der Waals surface area contributed by atoms with Gasteiger partial charge in [0.25, 0.3) is 0 Å². The first-order valence-corrected chi connectivity index (χ1v) is 5.76. The van der Waals surface area contributed by atoms with Crippen molar-refractivity contribution in [3.05, 3.63) is 0 Å². The second-order valence-electron chi connectivity index (χ2n) is 5.29. The fraction of sp³-hybridized carbons (Fsp3) is 0.917. The average Bonchev–Trinajstić information content (AvgIpc) is 2.14. The van der Waals surface area contributed by atoms with Gasteiger partial charge < -0.3 is 10.6 Å². The molecule has 0 rings (SSSR count). The Balaban J connectivity index is 4.08. The minimum atomic E-state index is 0.137. The summed E-state index contributed by atoms with van der Waals surface area (Å²) in [7, 11) is 1.89. The van der Waals surface area contributed by atoms with Crippen LogP contribution in [0.15, 0.2) is 0 Å². The normalized spacial score (nSPS) is 13.7. The molecule has 15 heavy (non-hydrogen) atoms. The lowest BCUT2D eigenvalue weighted by Crippen LogP contribution is -2.42. The predicted octanol–water partition coefficient (Wildman–Crippen LogP) is 2.01. The van der Waals surface area contributed by atoms with Crippen LogP contribution in [0.25, 0.3) is 0 Å². The van der Waals surface area contributed by atoms with E-state index >= 15 is 0 Å². The molecule has 1 atom stereocenters. The van der Waals surface area contributed by atoms with Gasteiger partial charge in [0.15, 0.2) is 0 Å². The Hall–Kier alpha value is -0.570. The highest BCUT2D eigenvalue weighted by Gasteiger charge is 2.26. The molecule has 0 saturated carbocycles. The van der Waals surface area contributed by atoms with Crippen LogP contribution < -0.4 is 5.73 Å². The lowest BCUT2D eigenvalue weighted by atomic mass is 9.87. The summed E-state index contributed by atoms with van der Waals surface area (Å²) in [5.74, 6) is 0.228. The van der Waals surface area contributed by atoms with Gasteiger partial charge in [-0.1, -0.05) is 20.8 Å². The topological polar surface area (TPSA) is 46.3 Å². The van der Waals surface area contributed by atoms with Gasteiger partial charge in [-0.2, -0.15) is 0 Å². The molecule has 1 unspecified atom stereocenters. The minimum absolute atomic E-state index is 0.137. The molecule has 0 aliphatic rings. The van der Waals surface area contributed by atoms with Crippen molar-refractivity contribution in [1.29, 1.82) is 0 Å². The molecule has 3 nitrogen and oxygen atoms in total. The number of rotatable bonds is 5. The van der Waals surface area contributed by atoms with Crippen LogP contribution in [0.3, 0.4) is 0 Å². The molecule has 0 radical (unpaired) electrons. The summed E-state index contributed by atoms with van der Waals surface area (Å²) in [5, 5.41) is 0. The summed E-state index contributed by atoms with van der Waals surface area (Å²) >= 11 is 0. The monoisotopic (exact) mass is 214 g/mol. The van der Waals surface area contributed by atoms with Crippen molar-refractivity contribution < 1.29 is 4.79 Å². The van der Waals surface area contributed by atoms with Gasteiger partial charge in [-0.3, -0.25) is 4.79 Å². The fourth-order valence-electron chi connectivity index (χ4n) is 1.39. The maximum atomic E-state index is 11.8. The van der Waals surface area contributed by atoms with E-state index in [1.807, 2.05) is 11.9 Å². The van der Waals surface area contributed by atoms with Crippen molar-refractivity contribution in [1.82, 2.24) is 4.90 Å². The summed E-state index contributed by atoms with van der Waals surface area (Å²) in [4.78, 5) is 13.6. The van der Waals surface area contributed by atoms with Gasteiger partial charge in [0.2, 0.25) is 5.91 Å². The molecule has 3 heteroatoms. The van der Waals surface area contributed by atoms with Gasteiger partial charge >= 0.3 is 0 Å². The number of carbonyl (C=O) groups excluding carboxylic acids is 1. The molecule has 0 bridgehead atoms. The number of nitrogens with zero attached hydrogens (tertiary/aromatic N) is 1. The maximum absolute atomic E-state index is 11.8. The Morgan fingerprint density at radius 1 is 1.33 bits per heavy atom. The van der Waals surface area contributed by atoms with Crippen LogP contribution in [-0.4, -0.2) is 30.4 Å². The molecule has 90 valence electrons. The number of amides is 1. The molecule has 0 aliphatic heterocycles. The summed E-state index contributed by atoms with van der Waals surface area (Å²) in [6.45, 7) is 9.23. The summed E-state index contributed by atoms with van der Waals surface area (Å²) in [6.07, 6.45) is 2.45. The number of hydrogen-bond acceptors (Lipinski definition) is 2. The number of carbonyl (C=O) groups is 1. The second-order valence-corrected chi connectivity index (χ2v) is 5.29. The van der Waals surface area contributed by atoms with Crippen molar-refractivity contribution in [3.63, 3.8) is 0 Å². The molecular formula is C12H26N2O. The van der Waals surface area contributed by atoms with Crippen LogP contribution in [0.2, 0.25) is 0 Å². The standard InChI is InChI=1S/C12H26N2O/c1-10(12(2,3)4)14(5)11(15)8-6-7-9-13/h10H,6-9,13H2,1-5H3. The van der Waals surface area contributed by atoms with E-state index in [1.165, 1.54) is 0 Å². The van der Waals surface area contributed by atoms with Crippen LogP contribution in [0.4, 0.5) is 0 Å². The first-order valence-electron chi connectivity index (χ1n) is 5.76. The van der Waals surface area contributed by atoms with Crippen LogP contribution in [-0.2, 0) is 4.79 Å². The molecule has 0 saturated heterocycles. The molecule has 0 fully saturated rings. The van der Waals surface area contributed by atoms with Gasteiger partial charge in [-0.05, 0) is 31.7 Å². The van der Waals surface area contributed by atoms with E-state index in [4.69, 9.17) is 5.73 Å². The minimum Gasteiger partial charge on any atom is -0.343 e. The largest absolute Gasteiger partial charge is 0.343 e. The lowest BCUT2D eigenvalue weighted by molar-refractivity contribution is -0.133. The van der Waals surface area contributed by atoms with E-state index in [0.717, 1.165) is 12.8 Å². The fourth-order valence-corrected chi connectivity index (χ4v) is 1.39. The highest BCUT2D eigenvalue weighted by molar-refractivity contribution is 5.76. The Kier molecular flexibility index (Phi) is 5.88. The SMILES string of the molecule is CC(N(C)C(=O)CCCCN)C(C)(C)C. The van der Waals surface area contributed by atoms with Crippen molar-refractivity contribution >= 4 is 5.91 Å². The predicted molar refractivity (Wildman–Crippen MR) is 64.6 cm³/mol. The van der Waals surface area contributed by atoms with E-state index in [9.17, 15) is 4.79 Å². The molecule has 0 aromatic rings. The van der Waals surface area contributed by atoms with Crippen LogP contribution >= 0.6 is 0 Å². The van der Waals surface area contributed by atoms with Crippen molar-refractivity contribution in [3.8, 4) is 0 Å². The van der Waals surface area contributed by atoms with E-state index in [0.29, 0.717) is 13.0 Å². The number of hydrogen-bond donors (Lipinski definition) is 1. The number of unbranched alkanes of at least 4 members (excludes halogenated alkanes) is 1. The molecule has 2 N–H and O–H groups in total. The van der Waals surface area contributed by atoms with Gasteiger partial charge in [0, 0.05) is 19.5 Å². The quantitative estimate of drug-likeness (QED) is 0.712. The first kappa shape index (κ1) is 14.4. The zero-order valence-electron chi connectivity index (χ0n) is 10.8. The Labute approximate surface area is 94.0 Å². The lowest BCUT2D eigenvalue weighted by Gasteiger charge is -2.35. The van der Waals surface area contributed by atoms with Crippen molar-refractivity contribution in [2.24, 2.45) is 11.1 Å². The van der Waals surface area contributed by atoms with Gasteiger partial charge in [-0.25, -0.2) is 0 Å². The van der Waals surface area contributed by atoms with Crippen molar-refractivity contribution in [2.75, 3.05) is 13.6 Å². The molecule has 0 heterocycles. The average molecular weight is 214 g/mol. The van der Waals surface area contributed by atoms with E-state index in [-0.39, 0.29) is 17.4 Å². The third kappa shape index (κ3) is 5.17. The summed E-state index contributed by atoms with van der Waals surface area (Å²) in [6, 6.07) is 0.267. The Morgan fingerprint density at radius 3 is 2.27 bits per heavy atom.